The van der Waals surface area contributed by atoms with Crippen LogP contribution in [0, 0.1) is 0 Å². The number of aromatic nitrogens is 2. The Kier molecular flexibility index (Phi) is 1.75. The molecule has 3 heteroatoms. The molecule has 1 N–H and O–H groups in total. The minimum atomic E-state index is 0.888. The Morgan fingerprint density at radius 2 is 1.93 bits per heavy atom. The largest absolute Gasteiger partial charge is 0.339 e. The summed E-state index contributed by atoms with van der Waals surface area (Å²) in [7, 11) is 0. The first-order valence-electron chi connectivity index (χ1n) is 4.77. The lowest BCUT2D eigenvalue weighted by atomic mass is 10.2. The lowest BCUT2D eigenvalue weighted by Crippen LogP contribution is -1.95. The molecule has 0 unspecified atom stereocenters. The number of hydrogen-bond acceptors (Lipinski definition) is 3. The average molecular weight is 195 g/mol. The van der Waals surface area contributed by atoms with Crippen molar-refractivity contribution in [1.82, 2.24) is 9.97 Å². The maximum absolute atomic E-state index is 4.30. The first kappa shape index (κ1) is 8.17. The Morgan fingerprint density at radius 1 is 1.00 bits per heavy atom. The van der Waals surface area contributed by atoms with E-state index >= 15 is 0 Å². The maximum Gasteiger partial charge on any atom is 0.137 e. The fourth-order valence-electron chi connectivity index (χ4n) is 1.62. The Labute approximate surface area is 87.5 Å². The summed E-state index contributed by atoms with van der Waals surface area (Å²) in [4.78, 5) is 8.39. The quantitative estimate of drug-likeness (QED) is 0.599. The molecule has 3 rings (SSSR count). The van der Waals surface area contributed by atoms with Gasteiger partial charge in [0.2, 0.25) is 0 Å². The smallest absolute Gasteiger partial charge is 0.137 e. The predicted molar refractivity (Wildman–Crippen MR) is 60.7 cm³/mol. The van der Waals surface area contributed by atoms with Crippen LogP contribution in [0.3, 0.4) is 0 Å². The zero-order chi connectivity index (χ0) is 10.1. The highest BCUT2D eigenvalue weighted by molar-refractivity contribution is 5.85. The number of rotatable bonds is 0. The monoisotopic (exact) mass is 195 g/mol. The van der Waals surface area contributed by atoms with E-state index in [1.54, 1.807) is 12.4 Å². The number of anilines is 2. The minimum Gasteiger partial charge on any atom is -0.339 e. The Bertz CT molecular complexity index is 484. The van der Waals surface area contributed by atoms with Gasteiger partial charge in [0.25, 0.3) is 0 Å². The van der Waals surface area contributed by atoms with Gasteiger partial charge in [-0.25, -0.2) is 4.98 Å². The average Bonchev–Trinajstić information content (AvgIpc) is 2.48. The van der Waals surface area contributed by atoms with Gasteiger partial charge in [-0.15, -0.1) is 0 Å². The standard InChI is InChI=1S/C12H9N3/c1-2-9-3-4-10-8-13-7-5-11(10)15-12(9)14-6-1/h1-8H,(H,14,15). The maximum atomic E-state index is 4.30. The van der Waals surface area contributed by atoms with Crippen LogP contribution in [-0.4, -0.2) is 9.97 Å². The second kappa shape index (κ2) is 3.20. The number of nitrogens with one attached hydrogen (secondary N) is 1. The molecule has 0 radical (unpaired) electrons. The molecule has 1 aliphatic rings. The van der Waals surface area contributed by atoms with Crippen molar-refractivity contribution < 1.29 is 0 Å². The molecule has 0 atom stereocenters. The normalized spacial score (nSPS) is 12.3. The molecule has 0 amide bonds. The molecule has 0 spiro atoms. The van der Waals surface area contributed by atoms with Gasteiger partial charge in [-0.3, -0.25) is 4.98 Å². The molecular weight excluding hydrogens is 186 g/mol. The van der Waals surface area contributed by atoms with Crippen LogP contribution >= 0.6 is 0 Å². The molecule has 3 heterocycles. The molecule has 0 aliphatic carbocycles. The van der Waals surface area contributed by atoms with Crippen molar-refractivity contribution in [2.75, 3.05) is 5.32 Å². The number of fused-ring (bicyclic) bond motifs is 2. The highest BCUT2D eigenvalue weighted by Crippen LogP contribution is 2.27. The van der Waals surface area contributed by atoms with E-state index in [4.69, 9.17) is 0 Å². The van der Waals surface area contributed by atoms with Crippen LogP contribution < -0.4 is 5.32 Å². The van der Waals surface area contributed by atoms with E-state index in [9.17, 15) is 0 Å². The third-order valence-corrected chi connectivity index (χ3v) is 2.39. The molecule has 3 nitrogen and oxygen atoms in total. The van der Waals surface area contributed by atoms with Crippen LogP contribution in [0.15, 0.2) is 36.8 Å². The topological polar surface area (TPSA) is 37.8 Å². The van der Waals surface area contributed by atoms with Crippen molar-refractivity contribution in [3.05, 3.63) is 47.9 Å². The van der Waals surface area contributed by atoms with Gasteiger partial charge in [-0.1, -0.05) is 12.2 Å². The molecule has 1 aliphatic heterocycles. The van der Waals surface area contributed by atoms with Gasteiger partial charge in [0.15, 0.2) is 0 Å². The van der Waals surface area contributed by atoms with Crippen LogP contribution in [0.25, 0.3) is 12.2 Å². The van der Waals surface area contributed by atoms with Crippen LogP contribution in [0.5, 0.6) is 0 Å². The van der Waals surface area contributed by atoms with Gasteiger partial charge in [-0.05, 0) is 18.2 Å². The molecule has 0 fully saturated rings. The lowest BCUT2D eigenvalue weighted by Gasteiger charge is -2.07. The molecule has 2 aromatic rings. The summed E-state index contributed by atoms with van der Waals surface area (Å²) < 4.78 is 0. The van der Waals surface area contributed by atoms with Crippen molar-refractivity contribution in [2.45, 2.75) is 0 Å². The second-order valence-electron chi connectivity index (χ2n) is 3.36. The zero-order valence-corrected chi connectivity index (χ0v) is 8.01. The summed E-state index contributed by atoms with van der Waals surface area (Å²) in [5, 5.41) is 3.29. The number of pyridine rings is 2. The van der Waals surface area contributed by atoms with E-state index < -0.39 is 0 Å². The Balaban J connectivity index is 2.19. The third-order valence-electron chi connectivity index (χ3n) is 2.39. The molecular formula is C12H9N3. The van der Waals surface area contributed by atoms with Crippen molar-refractivity contribution in [3.63, 3.8) is 0 Å². The Hall–Kier alpha value is -2.16. The van der Waals surface area contributed by atoms with E-state index in [2.05, 4.69) is 15.3 Å². The predicted octanol–water partition coefficient (Wildman–Crippen LogP) is 2.70. The summed E-state index contributed by atoms with van der Waals surface area (Å²) >= 11 is 0. The van der Waals surface area contributed by atoms with E-state index in [0.29, 0.717) is 0 Å². The van der Waals surface area contributed by atoms with Gasteiger partial charge < -0.3 is 5.32 Å². The number of hydrogen-bond donors (Lipinski definition) is 1. The third kappa shape index (κ3) is 1.38. The molecule has 15 heavy (non-hydrogen) atoms. The summed E-state index contributed by atoms with van der Waals surface area (Å²) in [5.41, 5.74) is 3.21. The van der Waals surface area contributed by atoms with Crippen LogP contribution in [0.4, 0.5) is 11.5 Å². The van der Waals surface area contributed by atoms with Crippen molar-refractivity contribution in [1.29, 1.82) is 0 Å². The van der Waals surface area contributed by atoms with Crippen LogP contribution in [0.2, 0.25) is 0 Å². The first-order chi connectivity index (χ1) is 7.43. The van der Waals surface area contributed by atoms with Crippen LogP contribution in [0.1, 0.15) is 11.1 Å². The van der Waals surface area contributed by atoms with Crippen molar-refractivity contribution >= 4 is 23.7 Å². The summed E-state index contributed by atoms with van der Waals surface area (Å²) in [6, 6.07) is 5.91. The van der Waals surface area contributed by atoms with Gasteiger partial charge in [0, 0.05) is 29.7 Å². The number of nitrogens with zero attached hydrogens (tertiary/aromatic N) is 2. The van der Waals surface area contributed by atoms with Crippen LogP contribution in [-0.2, 0) is 0 Å². The van der Waals surface area contributed by atoms with E-state index in [0.717, 1.165) is 22.6 Å². The molecule has 0 aromatic carbocycles. The van der Waals surface area contributed by atoms with Gasteiger partial charge in [0.1, 0.15) is 5.82 Å². The van der Waals surface area contributed by atoms with Gasteiger partial charge in [-0.2, -0.15) is 0 Å². The van der Waals surface area contributed by atoms with Gasteiger partial charge >= 0.3 is 0 Å². The van der Waals surface area contributed by atoms with Gasteiger partial charge in [0.05, 0.1) is 5.69 Å². The molecule has 0 saturated carbocycles. The summed E-state index contributed by atoms with van der Waals surface area (Å²) in [6.07, 6.45) is 9.48. The van der Waals surface area contributed by atoms with Crippen molar-refractivity contribution in [3.8, 4) is 0 Å². The van der Waals surface area contributed by atoms with E-state index in [1.807, 2.05) is 36.5 Å². The Morgan fingerprint density at radius 3 is 2.93 bits per heavy atom. The highest BCUT2D eigenvalue weighted by atomic mass is 15.0. The first-order valence-corrected chi connectivity index (χ1v) is 4.77. The van der Waals surface area contributed by atoms with E-state index in [-0.39, 0.29) is 0 Å². The summed E-state index contributed by atoms with van der Waals surface area (Å²) in [5.74, 6) is 0.888. The molecule has 0 saturated heterocycles. The fraction of sp³-hybridized carbons (Fsp3) is 0. The molecule has 0 bridgehead atoms. The highest BCUT2D eigenvalue weighted by Gasteiger charge is 2.07. The lowest BCUT2D eigenvalue weighted by molar-refractivity contribution is 1.28. The second-order valence-corrected chi connectivity index (χ2v) is 3.36. The minimum absolute atomic E-state index is 0.888. The molecule has 72 valence electrons. The van der Waals surface area contributed by atoms with E-state index in [1.165, 1.54) is 0 Å². The molecule has 2 aromatic heterocycles. The zero-order valence-electron chi connectivity index (χ0n) is 8.01. The summed E-state index contributed by atoms with van der Waals surface area (Å²) in [6.45, 7) is 0. The SMILES string of the molecule is C1=Cc2cccnc2Nc2ccncc21. The fourth-order valence-corrected chi connectivity index (χ4v) is 1.62. The van der Waals surface area contributed by atoms with Crippen molar-refractivity contribution in [2.24, 2.45) is 0 Å².